The highest BCUT2D eigenvalue weighted by Gasteiger charge is 2.48. The summed E-state index contributed by atoms with van der Waals surface area (Å²) in [6.07, 6.45) is 0.132. The number of hydrogen-bond acceptors (Lipinski definition) is 12. The van der Waals surface area contributed by atoms with Gasteiger partial charge in [-0.1, -0.05) is 24.3 Å². The van der Waals surface area contributed by atoms with Crippen LogP contribution in [0.25, 0.3) is 34.4 Å². The van der Waals surface area contributed by atoms with Crippen LogP contribution in [-0.2, 0) is 14.2 Å². The highest BCUT2D eigenvalue weighted by Crippen LogP contribution is 2.38. The second-order valence-electron chi connectivity index (χ2n) is 11.3. The molecule has 2 heterocycles. The Morgan fingerprint density at radius 1 is 0.694 bits per heavy atom. The second-order valence-corrected chi connectivity index (χ2v) is 11.3. The fraction of sp³-hybridized carbons (Fsp3) is 0.162. The number of rotatable bonds is 9. The van der Waals surface area contributed by atoms with Crippen molar-refractivity contribution in [2.24, 2.45) is 0 Å². The van der Waals surface area contributed by atoms with E-state index in [1.807, 2.05) is 0 Å². The summed E-state index contributed by atoms with van der Waals surface area (Å²) in [5, 5.41) is 61.0. The van der Waals surface area contributed by atoms with Gasteiger partial charge in [-0.05, 0) is 78.7 Å². The first-order valence-corrected chi connectivity index (χ1v) is 15.1. The maximum atomic E-state index is 13.9. The van der Waals surface area contributed by atoms with Gasteiger partial charge in [-0.3, -0.25) is 4.79 Å². The Morgan fingerprint density at radius 3 is 1.80 bits per heavy atom. The van der Waals surface area contributed by atoms with Crippen molar-refractivity contribution in [2.45, 2.75) is 37.6 Å². The quantitative estimate of drug-likeness (QED) is 0.107. The number of benzene rings is 4. The van der Waals surface area contributed by atoms with E-state index < -0.39 is 47.6 Å². The van der Waals surface area contributed by atoms with Gasteiger partial charge in [0.15, 0.2) is 24.1 Å². The standard InChI is InChI=1S/C37H32O12/c1-20-33(45-16-14-21-2-8-24(38)9-3-21)35(46-17-15-22-4-10-25(39)11-5-22)32(44)37(47-20)49-36-31(43)30-28(42)18-27(41)19-29(30)48-34(36)23-6-12-26(40)13-7-23/h2-20,32-33,35,37-42,44H,1H3/b16-14-,17-15-/t20-,32+,33-,35-,37-/m0/s1. The van der Waals surface area contributed by atoms with Gasteiger partial charge in [0.1, 0.15) is 39.7 Å². The lowest BCUT2D eigenvalue weighted by Crippen LogP contribution is -2.59. The lowest BCUT2D eigenvalue weighted by molar-refractivity contribution is -0.269. The Balaban J connectivity index is 1.34. The third-order valence-electron chi connectivity index (χ3n) is 7.81. The fourth-order valence-corrected chi connectivity index (χ4v) is 5.31. The maximum Gasteiger partial charge on any atom is 0.239 e. The fourth-order valence-electron chi connectivity index (χ4n) is 5.31. The van der Waals surface area contributed by atoms with E-state index >= 15 is 0 Å². The Bertz CT molecular complexity index is 2030. The van der Waals surface area contributed by atoms with Crippen LogP contribution < -0.4 is 10.2 Å². The average Bonchev–Trinajstić information content (AvgIpc) is 3.07. The average molecular weight is 669 g/mol. The molecule has 0 aliphatic carbocycles. The maximum absolute atomic E-state index is 13.9. The molecule has 0 bridgehead atoms. The molecule has 0 saturated carbocycles. The molecule has 1 saturated heterocycles. The predicted octanol–water partition coefficient (Wildman–Crippen LogP) is 5.58. The first kappa shape index (κ1) is 32.8. The lowest BCUT2D eigenvalue weighted by Gasteiger charge is -2.42. The van der Waals surface area contributed by atoms with Crippen LogP contribution >= 0.6 is 0 Å². The van der Waals surface area contributed by atoms with Crippen LogP contribution in [0.5, 0.6) is 34.5 Å². The molecule has 12 heteroatoms. The van der Waals surface area contributed by atoms with Gasteiger partial charge in [0.2, 0.25) is 17.5 Å². The van der Waals surface area contributed by atoms with Gasteiger partial charge in [-0.15, -0.1) is 0 Å². The van der Waals surface area contributed by atoms with Crippen molar-refractivity contribution in [1.29, 1.82) is 0 Å². The number of fused-ring (bicyclic) bond motifs is 1. The summed E-state index contributed by atoms with van der Waals surface area (Å²) >= 11 is 0. The molecule has 1 fully saturated rings. The van der Waals surface area contributed by atoms with Gasteiger partial charge in [-0.25, -0.2) is 0 Å². The molecule has 12 nitrogen and oxygen atoms in total. The summed E-state index contributed by atoms with van der Waals surface area (Å²) in [4.78, 5) is 13.9. The molecule has 5 aromatic rings. The minimum Gasteiger partial charge on any atom is -0.508 e. The van der Waals surface area contributed by atoms with Crippen LogP contribution in [0.4, 0.5) is 0 Å². The van der Waals surface area contributed by atoms with Crippen LogP contribution in [-0.4, -0.2) is 61.3 Å². The molecule has 252 valence electrons. The van der Waals surface area contributed by atoms with Crippen LogP contribution in [0, 0.1) is 0 Å². The van der Waals surface area contributed by atoms with Crippen LogP contribution in [0.2, 0.25) is 0 Å². The van der Waals surface area contributed by atoms with Crippen LogP contribution in [0.3, 0.4) is 0 Å². The van der Waals surface area contributed by atoms with Gasteiger partial charge in [0, 0.05) is 17.7 Å². The zero-order chi connectivity index (χ0) is 34.7. The predicted molar refractivity (Wildman–Crippen MR) is 178 cm³/mol. The number of aliphatic hydroxyl groups excluding tert-OH is 1. The van der Waals surface area contributed by atoms with Crippen LogP contribution in [0.1, 0.15) is 18.1 Å². The first-order chi connectivity index (χ1) is 23.6. The van der Waals surface area contributed by atoms with Crippen molar-refractivity contribution >= 4 is 23.1 Å². The number of ether oxygens (including phenoxy) is 4. The highest BCUT2D eigenvalue weighted by atomic mass is 16.7. The first-order valence-electron chi connectivity index (χ1n) is 15.1. The molecule has 0 radical (unpaired) electrons. The summed E-state index contributed by atoms with van der Waals surface area (Å²) < 4.78 is 30.1. The summed E-state index contributed by atoms with van der Waals surface area (Å²) in [5.74, 6) is -1.28. The summed E-state index contributed by atoms with van der Waals surface area (Å²) in [6.45, 7) is 1.67. The number of phenolic OH excluding ortho intramolecular Hbond substituents is 5. The van der Waals surface area contributed by atoms with Crippen molar-refractivity contribution in [1.82, 2.24) is 0 Å². The molecule has 6 rings (SSSR count). The van der Waals surface area contributed by atoms with Crippen molar-refractivity contribution in [2.75, 3.05) is 0 Å². The topological polar surface area (TPSA) is 189 Å². The van der Waals surface area contributed by atoms with Gasteiger partial charge in [0.05, 0.1) is 18.6 Å². The van der Waals surface area contributed by atoms with Gasteiger partial charge in [-0.2, -0.15) is 0 Å². The number of phenols is 5. The number of aliphatic hydroxyl groups is 1. The third-order valence-corrected chi connectivity index (χ3v) is 7.81. The molecule has 4 aromatic carbocycles. The zero-order valence-electron chi connectivity index (χ0n) is 25.9. The van der Waals surface area contributed by atoms with Gasteiger partial charge in [0.25, 0.3) is 0 Å². The van der Waals surface area contributed by atoms with Crippen molar-refractivity contribution in [3.8, 4) is 45.8 Å². The molecular formula is C37H32O12. The molecule has 1 aliphatic heterocycles. The molecule has 6 N–H and O–H groups in total. The van der Waals surface area contributed by atoms with Gasteiger partial charge < -0.3 is 54.0 Å². The van der Waals surface area contributed by atoms with E-state index in [-0.39, 0.29) is 39.7 Å². The SMILES string of the molecule is C[C@@H]1O[C@@H](Oc2c(-c3ccc(O)cc3)oc3cc(O)cc(O)c3c2=O)[C@H](O)[C@H](O/C=C\c2ccc(O)cc2)[C@H]1O/C=C\c1ccc(O)cc1. The Labute approximate surface area is 279 Å². The smallest absolute Gasteiger partial charge is 0.239 e. The van der Waals surface area contributed by atoms with Crippen LogP contribution in [0.15, 0.2) is 107 Å². The Kier molecular flexibility index (Phi) is 9.33. The van der Waals surface area contributed by atoms with E-state index in [9.17, 15) is 35.4 Å². The summed E-state index contributed by atoms with van der Waals surface area (Å²) in [5.41, 5.74) is 0.785. The molecule has 5 atom stereocenters. The van der Waals surface area contributed by atoms with Crippen molar-refractivity contribution in [3.63, 3.8) is 0 Å². The van der Waals surface area contributed by atoms with E-state index in [1.54, 1.807) is 43.3 Å². The van der Waals surface area contributed by atoms with E-state index in [0.717, 1.165) is 17.7 Å². The Hall–Kier alpha value is -6.11. The highest BCUT2D eigenvalue weighted by molar-refractivity contribution is 5.88. The normalized spacial score (nSPS) is 20.9. The molecule has 49 heavy (non-hydrogen) atoms. The molecule has 1 aromatic heterocycles. The van der Waals surface area contributed by atoms with E-state index in [1.165, 1.54) is 61.1 Å². The molecule has 0 spiro atoms. The minimum absolute atomic E-state index is 0.0460. The third kappa shape index (κ3) is 7.25. The van der Waals surface area contributed by atoms with E-state index in [2.05, 4.69) is 0 Å². The van der Waals surface area contributed by atoms with Gasteiger partial charge >= 0.3 is 0 Å². The second kappa shape index (κ2) is 13.9. The summed E-state index contributed by atoms with van der Waals surface area (Å²) in [7, 11) is 0. The molecular weight excluding hydrogens is 636 g/mol. The number of hydrogen-bond donors (Lipinski definition) is 6. The van der Waals surface area contributed by atoms with E-state index in [0.29, 0.717) is 11.1 Å². The molecule has 1 aliphatic rings. The van der Waals surface area contributed by atoms with Crippen molar-refractivity contribution < 1.29 is 54.0 Å². The largest absolute Gasteiger partial charge is 0.508 e. The van der Waals surface area contributed by atoms with Crippen molar-refractivity contribution in [3.05, 3.63) is 119 Å². The number of aromatic hydroxyl groups is 5. The molecule has 0 amide bonds. The van der Waals surface area contributed by atoms with E-state index in [4.69, 9.17) is 23.4 Å². The monoisotopic (exact) mass is 668 g/mol. The Morgan fingerprint density at radius 2 is 1.22 bits per heavy atom. The summed E-state index contributed by atoms with van der Waals surface area (Å²) in [6, 6.07) is 20.6. The molecule has 0 unspecified atom stereocenters. The lowest BCUT2D eigenvalue weighted by atomic mass is 9.99. The zero-order valence-corrected chi connectivity index (χ0v) is 25.9. The minimum atomic E-state index is -1.57.